The SMILES string of the molecule is C/C=C/c1cc(C(=O)O[C@@H](C(=O)Nc2cc(C)on2)c2ccccc2)cc(OC)c1OC. The van der Waals surface area contributed by atoms with E-state index in [1.165, 1.54) is 20.3 Å². The fourth-order valence-corrected chi connectivity index (χ4v) is 3.11. The standard InChI is InChI=1S/C24H24N2O6/c1-5-9-17-13-18(14-19(29-3)21(17)30-4)24(28)31-22(16-10-7-6-8-11-16)23(27)25-20-12-15(2)32-26-20/h5-14,22H,1-4H3,(H,25,26,27)/b9-5+/t22-/m1/s1. The van der Waals surface area contributed by atoms with Gasteiger partial charge in [0, 0.05) is 17.2 Å². The van der Waals surface area contributed by atoms with Gasteiger partial charge in [0.2, 0.25) is 6.10 Å². The van der Waals surface area contributed by atoms with E-state index in [2.05, 4.69) is 10.5 Å². The van der Waals surface area contributed by atoms with E-state index in [1.54, 1.807) is 55.5 Å². The van der Waals surface area contributed by atoms with E-state index in [4.69, 9.17) is 18.7 Å². The van der Waals surface area contributed by atoms with Crippen LogP contribution in [0.1, 0.15) is 40.3 Å². The third-order valence-corrected chi connectivity index (χ3v) is 4.53. The number of allylic oxidation sites excluding steroid dienone is 1. The van der Waals surface area contributed by atoms with Gasteiger partial charge in [0.25, 0.3) is 5.91 Å². The van der Waals surface area contributed by atoms with Crippen LogP contribution >= 0.6 is 0 Å². The van der Waals surface area contributed by atoms with Crippen molar-refractivity contribution in [2.24, 2.45) is 0 Å². The third-order valence-electron chi connectivity index (χ3n) is 4.53. The molecule has 8 heteroatoms. The highest BCUT2D eigenvalue weighted by molar-refractivity contribution is 5.98. The van der Waals surface area contributed by atoms with Gasteiger partial charge in [-0.1, -0.05) is 47.6 Å². The van der Waals surface area contributed by atoms with Gasteiger partial charge in [-0.05, 0) is 26.0 Å². The van der Waals surface area contributed by atoms with Crippen molar-refractivity contribution in [3.63, 3.8) is 0 Å². The molecule has 3 aromatic rings. The molecular weight excluding hydrogens is 412 g/mol. The van der Waals surface area contributed by atoms with Gasteiger partial charge in [0.1, 0.15) is 5.76 Å². The zero-order valence-corrected chi connectivity index (χ0v) is 18.2. The lowest BCUT2D eigenvalue weighted by Gasteiger charge is -2.18. The van der Waals surface area contributed by atoms with Crippen molar-refractivity contribution >= 4 is 23.8 Å². The Morgan fingerprint density at radius 1 is 1.09 bits per heavy atom. The molecule has 1 heterocycles. The maximum Gasteiger partial charge on any atom is 0.339 e. The molecule has 1 amide bonds. The van der Waals surface area contributed by atoms with Crippen LogP contribution in [0, 0.1) is 6.92 Å². The number of carbonyl (C=O) groups excluding carboxylic acids is 2. The van der Waals surface area contributed by atoms with Gasteiger partial charge in [-0.2, -0.15) is 0 Å². The second kappa shape index (κ2) is 10.3. The average Bonchev–Trinajstić information content (AvgIpc) is 3.21. The van der Waals surface area contributed by atoms with Crippen LogP contribution in [0.3, 0.4) is 0 Å². The van der Waals surface area contributed by atoms with E-state index < -0.39 is 18.0 Å². The Hall–Kier alpha value is -4.07. The van der Waals surface area contributed by atoms with Crippen molar-refractivity contribution in [1.29, 1.82) is 0 Å². The predicted octanol–water partition coefficient (Wildman–Crippen LogP) is 4.57. The lowest BCUT2D eigenvalue weighted by atomic mass is 10.1. The fraction of sp³-hybridized carbons (Fsp3) is 0.208. The number of esters is 1. The minimum Gasteiger partial charge on any atom is -0.493 e. The summed E-state index contributed by atoms with van der Waals surface area (Å²) >= 11 is 0. The Kier molecular flexibility index (Phi) is 7.28. The number of ether oxygens (including phenoxy) is 3. The number of nitrogens with one attached hydrogen (secondary N) is 1. The number of hydrogen-bond acceptors (Lipinski definition) is 7. The van der Waals surface area contributed by atoms with E-state index in [0.717, 1.165) is 0 Å². The molecule has 1 N–H and O–H groups in total. The smallest absolute Gasteiger partial charge is 0.339 e. The summed E-state index contributed by atoms with van der Waals surface area (Å²) in [4.78, 5) is 26.0. The average molecular weight is 436 g/mol. The molecule has 32 heavy (non-hydrogen) atoms. The summed E-state index contributed by atoms with van der Waals surface area (Å²) in [5.41, 5.74) is 1.36. The monoisotopic (exact) mass is 436 g/mol. The molecule has 1 aromatic heterocycles. The lowest BCUT2D eigenvalue weighted by molar-refractivity contribution is -0.125. The van der Waals surface area contributed by atoms with Gasteiger partial charge in [-0.15, -0.1) is 0 Å². The number of aromatic nitrogens is 1. The molecule has 166 valence electrons. The highest BCUT2D eigenvalue weighted by Gasteiger charge is 2.27. The zero-order valence-electron chi connectivity index (χ0n) is 18.2. The van der Waals surface area contributed by atoms with Crippen LogP contribution < -0.4 is 14.8 Å². The summed E-state index contributed by atoms with van der Waals surface area (Å²) in [6, 6.07) is 13.4. The number of rotatable bonds is 8. The van der Waals surface area contributed by atoms with Crippen LogP contribution in [0.25, 0.3) is 6.08 Å². The number of methoxy groups -OCH3 is 2. The van der Waals surface area contributed by atoms with Crippen LogP contribution in [-0.2, 0) is 9.53 Å². The highest BCUT2D eigenvalue weighted by atomic mass is 16.5. The number of carbonyl (C=O) groups is 2. The molecular formula is C24H24N2O6. The van der Waals surface area contributed by atoms with Crippen molar-refractivity contribution in [3.05, 3.63) is 77.1 Å². The maximum absolute atomic E-state index is 13.1. The molecule has 0 bridgehead atoms. The number of aryl methyl sites for hydroxylation is 1. The highest BCUT2D eigenvalue weighted by Crippen LogP contribution is 2.34. The largest absolute Gasteiger partial charge is 0.493 e. The molecule has 0 fully saturated rings. The number of amides is 1. The lowest BCUT2D eigenvalue weighted by Crippen LogP contribution is -2.26. The Balaban J connectivity index is 1.93. The van der Waals surface area contributed by atoms with Crippen molar-refractivity contribution in [2.75, 3.05) is 19.5 Å². The quantitative estimate of drug-likeness (QED) is 0.516. The van der Waals surface area contributed by atoms with Gasteiger partial charge in [0.05, 0.1) is 19.8 Å². The summed E-state index contributed by atoms with van der Waals surface area (Å²) in [6.07, 6.45) is 2.39. The Morgan fingerprint density at radius 2 is 1.84 bits per heavy atom. The molecule has 0 saturated carbocycles. The van der Waals surface area contributed by atoms with E-state index in [9.17, 15) is 9.59 Å². The normalized spacial score (nSPS) is 11.8. The summed E-state index contributed by atoms with van der Waals surface area (Å²) < 4.78 is 21.4. The first kappa shape index (κ1) is 22.6. The Morgan fingerprint density at radius 3 is 2.44 bits per heavy atom. The molecule has 1 atom stereocenters. The van der Waals surface area contributed by atoms with Gasteiger partial charge < -0.3 is 24.1 Å². The minimum atomic E-state index is -1.21. The molecule has 8 nitrogen and oxygen atoms in total. The first-order chi connectivity index (χ1) is 15.5. The molecule has 0 unspecified atom stereocenters. The van der Waals surface area contributed by atoms with Crippen LogP contribution in [0.15, 0.2) is 59.1 Å². The molecule has 0 aliphatic carbocycles. The molecule has 0 aliphatic rings. The van der Waals surface area contributed by atoms with Crippen LogP contribution in [0.4, 0.5) is 5.82 Å². The zero-order chi connectivity index (χ0) is 23.1. The molecule has 0 aliphatic heterocycles. The molecule has 3 rings (SSSR count). The molecule has 0 spiro atoms. The second-order valence-electron chi connectivity index (χ2n) is 6.81. The van der Waals surface area contributed by atoms with E-state index in [-0.39, 0.29) is 11.4 Å². The van der Waals surface area contributed by atoms with Crippen molar-refractivity contribution < 1.29 is 28.3 Å². The topological polar surface area (TPSA) is 99.9 Å². The summed E-state index contributed by atoms with van der Waals surface area (Å²) in [5.74, 6) is 0.361. The van der Waals surface area contributed by atoms with Crippen molar-refractivity contribution in [1.82, 2.24) is 5.16 Å². The predicted molar refractivity (Wildman–Crippen MR) is 119 cm³/mol. The second-order valence-corrected chi connectivity index (χ2v) is 6.81. The first-order valence-electron chi connectivity index (χ1n) is 9.85. The summed E-state index contributed by atoms with van der Waals surface area (Å²) in [6.45, 7) is 3.55. The van der Waals surface area contributed by atoms with Crippen molar-refractivity contribution in [2.45, 2.75) is 20.0 Å². The van der Waals surface area contributed by atoms with Crippen molar-refractivity contribution in [3.8, 4) is 11.5 Å². The minimum absolute atomic E-state index is 0.210. The van der Waals surface area contributed by atoms with Gasteiger partial charge >= 0.3 is 5.97 Å². The third kappa shape index (κ3) is 5.15. The van der Waals surface area contributed by atoms with Gasteiger partial charge in [-0.25, -0.2) is 4.79 Å². The number of anilines is 1. The van der Waals surface area contributed by atoms with Crippen LogP contribution in [0.2, 0.25) is 0 Å². The van der Waals surface area contributed by atoms with E-state index in [0.29, 0.717) is 28.4 Å². The molecule has 0 radical (unpaired) electrons. The maximum atomic E-state index is 13.1. The Bertz CT molecular complexity index is 1120. The van der Waals surface area contributed by atoms with Gasteiger partial charge in [-0.3, -0.25) is 4.79 Å². The summed E-state index contributed by atoms with van der Waals surface area (Å²) in [7, 11) is 3.00. The number of benzene rings is 2. The first-order valence-corrected chi connectivity index (χ1v) is 9.85. The number of nitrogens with zero attached hydrogens (tertiary/aromatic N) is 1. The van der Waals surface area contributed by atoms with Crippen LogP contribution in [0.5, 0.6) is 11.5 Å². The molecule has 2 aromatic carbocycles. The van der Waals surface area contributed by atoms with E-state index in [1.807, 2.05) is 13.0 Å². The molecule has 0 saturated heterocycles. The van der Waals surface area contributed by atoms with Gasteiger partial charge in [0.15, 0.2) is 17.3 Å². The number of hydrogen-bond donors (Lipinski definition) is 1. The fourth-order valence-electron chi connectivity index (χ4n) is 3.11. The van der Waals surface area contributed by atoms with E-state index >= 15 is 0 Å². The summed E-state index contributed by atoms with van der Waals surface area (Å²) in [5, 5.41) is 6.37. The Labute approximate surface area is 185 Å². The van der Waals surface area contributed by atoms with Crippen LogP contribution in [-0.4, -0.2) is 31.3 Å².